The largest absolute Gasteiger partial charge is 0.443 e. The summed E-state index contributed by atoms with van der Waals surface area (Å²) >= 11 is 1.07. The van der Waals surface area contributed by atoms with Gasteiger partial charge in [-0.1, -0.05) is 11.3 Å². The molecule has 0 aliphatic rings. The Balaban J connectivity index is 1.94. The summed E-state index contributed by atoms with van der Waals surface area (Å²) < 4.78 is 19.1. The topological polar surface area (TPSA) is 107 Å². The SMILES string of the molecule is CC(C(N)=O)C(=O)Nc1nc(-c2ccc(F)cc2)c(Oc2cccnc2)s1. The van der Waals surface area contributed by atoms with Gasteiger partial charge in [-0.15, -0.1) is 0 Å². The Labute approximate surface area is 158 Å². The molecule has 0 aliphatic heterocycles. The lowest BCUT2D eigenvalue weighted by Crippen LogP contribution is -2.32. The number of benzene rings is 1. The molecule has 0 saturated heterocycles. The monoisotopic (exact) mass is 386 g/mol. The lowest BCUT2D eigenvalue weighted by molar-refractivity contribution is -0.129. The standard InChI is InChI=1S/C18H15FN4O3S/c1-10(15(20)24)16(25)23-18-22-14(11-4-6-12(19)7-5-11)17(27-18)26-13-3-2-8-21-9-13/h2-10H,1H3,(H2,20,24)(H,22,23,25). The van der Waals surface area contributed by atoms with Crippen LogP contribution in [-0.4, -0.2) is 21.8 Å². The first-order valence-electron chi connectivity index (χ1n) is 7.89. The van der Waals surface area contributed by atoms with Gasteiger partial charge < -0.3 is 15.8 Å². The molecule has 0 fully saturated rings. The van der Waals surface area contributed by atoms with E-state index in [0.717, 1.165) is 11.3 Å². The molecule has 1 unspecified atom stereocenters. The van der Waals surface area contributed by atoms with Gasteiger partial charge in [-0.25, -0.2) is 9.37 Å². The lowest BCUT2D eigenvalue weighted by Gasteiger charge is -2.05. The van der Waals surface area contributed by atoms with Crippen LogP contribution in [0.5, 0.6) is 10.8 Å². The van der Waals surface area contributed by atoms with Gasteiger partial charge in [0.25, 0.3) is 0 Å². The number of anilines is 1. The normalized spacial score (nSPS) is 11.6. The van der Waals surface area contributed by atoms with Crippen molar-refractivity contribution < 1.29 is 18.7 Å². The molecule has 7 nitrogen and oxygen atoms in total. The number of ether oxygens (including phenoxy) is 1. The zero-order valence-electron chi connectivity index (χ0n) is 14.2. The number of thiazole rings is 1. The quantitative estimate of drug-likeness (QED) is 0.633. The fourth-order valence-corrected chi connectivity index (χ4v) is 2.94. The summed E-state index contributed by atoms with van der Waals surface area (Å²) in [7, 11) is 0. The van der Waals surface area contributed by atoms with Crippen molar-refractivity contribution in [3.05, 3.63) is 54.6 Å². The molecule has 2 aromatic heterocycles. The molecule has 2 heterocycles. The Morgan fingerprint density at radius 2 is 2.00 bits per heavy atom. The van der Waals surface area contributed by atoms with E-state index in [1.807, 2.05) is 0 Å². The van der Waals surface area contributed by atoms with Crippen LogP contribution in [0.1, 0.15) is 6.92 Å². The molecule has 138 valence electrons. The second-order valence-corrected chi connectivity index (χ2v) is 6.53. The van der Waals surface area contributed by atoms with Crippen molar-refractivity contribution in [2.24, 2.45) is 11.7 Å². The predicted molar refractivity (Wildman–Crippen MR) is 98.8 cm³/mol. The summed E-state index contributed by atoms with van der Waals surface area (Å²) in [5.74, 6) is -2.23. The molecule has 0 radical (unpaired) electrons. The summed E-state index contributed by atoms with van der Waals surface area (Å²) in [6, 6.07) is 9.14. The van der Waals surface area contributed by atoms with Gasteiger partial charge in [0.15, 0.2) is 5.13 Å². The number of hydrogen-bond acceptors (Lipinski definition) is 6. The first kappa shape index (κ1) is 18.5. The zero-order valence-corrected chi connectivity index (χ0v) is 15.0. The molecule has 1 atom stereocenters. The van der Waals surface area contributed by atoms with Gasteiger partial charge in [0.2, 0.25) is 16.9 Å². The summed E-state index contributed by atoms with van der Waals surface area (Å²) in [5, 5.41) is 3.16. The van der Waals surface area contributed by atoms with Gasteiger partial charge in [0, 0.05) is 11.8 Å². The Bertz CT molecular complexity index is 960. The zero-order chi connectivity index (χ0) is 19.4. The van der Waals surface area contributed by atoms with E-state index in [1.54, 1.807) is 30.5 Å². The minimum absolute atomic E-state index is 0.228. The Morgan fingerprint density at radius 3 is 2.63 bits per heavy atom. The number of nitrogens with two attached hydrogens (primary N) is 1. The average molecular weight is 386 g/mol. The molecule has 0 bridgehead atoms. The highest BCUT2D eigenvalue weighted by Crippen LogP contribution is 2.40. The highest BCUT2D eigenvalue weighted by Gasteiger charge is 2.22. The van der Waals surface area contributed by atoms with E-state index in [1.165, 1.54) is 25.3 Å². The Hall–Kier alpha value is -3.33. The van der Waals surface area contributed by atoms with Gasteiger partial charge in [-0.3, -0.25) is 14.6 Å². The maximum Gasteiger partial charge on any atom is 0.238 e. The molecule has 3 aromatic rings. The first-order valence-corrected chi connectivity index (χ1v) is 8.70. The van der Waals surface area contributed by atoms with Crippen LogP contribution in [0.25, 0.3) is 11.3 Å². The van der Waals surface area contributed by atoms with Crippen molar-refractivity contribution >= 4 is 28.3 Å². The minimum atomic E-state index is -1.01. The fraction of sp³-hybridized carbons (Fsp3) is 0.111. The summed E-state index contributed by atoms with van der Waals surface area (Å²) in [4.78, 5) is 31.6. The number of halogens is 1. The summed E-state index contributed by atoms with van der Waals surface area (Å²) in [5.41, 5.74) is 6.18. The molecular formula is C18H15FN4O3S. The van der Waals surface area contributed by atoms with Gasteiger partial charge in [-0.2, -0.15) is 0 Å². The molecule has 0 spiro atoms. The number of primary amides is 1. The molecule has 3 rings (SSSR count). The maximum atomic E-state index is 13.2. The Morgan fingerprint density at radius 1 is 1.26 bits per heavy atom. The van der Waals surface area contributed by atoms with E-state index < -0.39 is 17.7 Å². The summed E-state index contributed by atoms with van der Waals surface area (Å²) in [6.07, 6.45) is 3.14. The van der Waals surface area contributed by atoms with Crippen LogP contribution >= 0.6 is 11.3 Å². The van der Waals surface area contributed by atoms with Crippen LogP contribution in [0.15, 0.2) is 48.8 Å². The van der Waals surface area contributed by atoms with Gasteiger partial charge in [0.05, 0.1) is 6.20 Å². The van der Waals surface area contributed by atoms with Gasteiger partial charge >= 0.3 is 0 Å². The number of aromatic nitrogens is 2. The van der Waals surface area contributed by atoms with Gasteiger partial charge in [0.1, 0.15) is 23.2 Å². The number of hydrogen-bond donors (Lipinski definition) is 2. The van der Waals surface area contributed by atoms with Crippen LogP contribution < -0.4 is 15.8 Å². The second kappa shape index (κ2) is 7.92. The third-order valence-corrected chi connectivity index (χ3v) is 4.46. The number of carbonyl (C=O) groups is 2. The second-order valence-electron chi connectivity index (χ2n) is 5.57. The third kappa shape index (κ3) is 4.45. The van der Waals surface area contributed by atoms with E-state index in [9.17, 15) is 14.0 Å². The molecule has 0 aliphatic carbocycles. The Kier molecular flexibility index (Phi) is 5.41. The number of nitrogens with zero attached hydrogens (tertiary/aromatic N) is 2. The molecule has 9 heteroatoms. The van der Waals surface area contributed by atoms with Gasteiger partial charge in [-0.05, 0) is 43.3 Å². The van der Waals surface area contributed by atoms with Crippen molar-refractivity contribution in [1.29, 1.82) is 0 Å². The average Bonchev–Trinajstić information content (AvgIpc) is 3.04. The van der Waals surface area contributed by atoms with Crippen LogP contribution in [0, 0.1) is 11.7 Å². The van der Waals surface area contributed by atoms with E-state index in [-0.39, 0.29) is 10.9 Å². The van der Waals surface area contributed by atoms with Crippen LogP contribution in [-0.2, 0) is 9.59 Å². The summed E-state index contributed by atoms with van der Waals surface area (Å²) in [6.45, 7) is 1.40. The molecule has 0 saturated carbocycles. The van der Waals surface area contributed by atoms with E-state index in [0.29, 0.717) is 22.1 Å². The number of nitrogens with one attached hydrogen (secondary N) is 1. The lowest BCUT2D eigenvalue weighted by atomic mass is 10.1. The molecular weight excluding hydrogens is 371 g/mol. The van der Waals surface area contributed by atoms with Crippen molar-refractivity contribution in [1.82, 2.24) is 9.97 Å². The number of pyridine rings is 1. The highest BCUT2D eigenvalue weighted by molar-refractivity contribution is 7.18. The first-order chi connectivity index (χ1) is 12.9. The highest BCUT2D eigenvalue weighted by atomic mass is 32.1. The van der Waals surface area contributed by atoms with Crippen molar-refractivity contribution in [3.8, 4) is 22.1 Å². The van der Waals surface area contributed by atoms with Crippen LogP contribution in [0.3, 0.4) is 0 Å². The number of rotatable bonds is 6. The van der Waals surface area contributed by atoms with Crippen LogP contribution in [0.2, 0.25) is 0 Å². The number of amides is 2. The fourth-order valence-electron chi connectivity index (χ4n) is 2.08. The predicted octanol–water partition coefficient (Wildman–Crippen LogP) is 3.20. The van der Waals surface area contributed by atoms with E-state index in [4.69, 9.17) is 10.5 Å². The van der Waals surface area contributed by atoms with E-state index >= 15 is 0 Å². The van der Waals surface area contributed by atoms with Crippen molar-refractivity contribution in [3.63, 3.8) is 0 Å². The minimum Gasteiger partial charge on any atom is -0.443 e. The third-order valence-electron chi connectivity index (χ3n) is 3.61. The van der Waals surface area contributed by atoms with Crippen LogP contribution in [0.4, 0.5) is 9.52 Å². The van der Waals surface area contributed by atoms with E-state index in [2.05, 4.69) is 15.3 Å². The van der Waals surface area contributed by atoms with Crippen molar-refractivity contribution in [2.75, 3.05) is 5.32 Å². The number of carbonyl (C=O) groups excluding carboxylic acids is 2. The smallest absolute Gasteiger partial charge is 0.238 e. The molecule has 2 amide bonds. The maximum absolute atomic E-state index is 13.2. The molecule has 1 aromatic carbocycles. The van der Waals surface area contributed by atoms with Crippen molar-refractivity contribution in [2.45, 2.75) is 6.92 Å². The molecule has 3 N–H and O–H groups in total. The molecule has 27 heavy (non-hydrogen) atoms.